The lowest BCUT2D eigenvalue weighted by Gasteiger charge is -2.25. The van der Waals surface area contributed by atoms with Crippen molar-refractivity contribution < 1.29 is 72.9 Å². The molecule has 382 valence electrons. The molecule has 2 saturated heterocycles. The highest BCUT2D eigenvalue weighted by Gasteiger charge is 2.37. The highest BCUT2D eigenvalue weighted by molar-refractivity contribution is 5.98. The molecule has 0 aliphatic carbocycles. The van der Waals surface area contributed by atoms with E-state index in [0.717, 1.165) is 0 Å². The minimum absolute atomic E-state index is 0.104. The Bertz CT molecular complexity index is 1840. The molecule has 22 heteroatoms. The van der Waals surface area contributed by atoms with Gasteiger partial charge in [-0.2, -0.15) is 0 Å². The third-order valence-corrected chi connectivity index (χ3v) is 12.3. The van der Waals surface area contributed by atoms with Crippen LogP contribution in [0.3, 0.4) is 0 Å². The molecular weight excluding hydrogens is 891 g/mol. The van der Waals surface area contributed by atoms with Crippen LogP contribution in [0.15, 0.2) is 0 Å². The predicted octanol–water partition coefficient (Wildman–Crippen LogP) is -0.381. The topological polar surface area (TPSA) is 369 Å². The molecule has 2 heterocycles. The molecule has 0 aromatic heterocycles. The average Bonchev–Trinajstić information content (AvgIpc) is 3.94. The fourth-order valence-corrected chi connectivity index (χ4v) is 8.41. The van der Waals surface area contributed by atoms with Gasteiger partial charge in [-0.15, -0.1) is 0 Å². The van der Waals surface area contributed by atoms with Crippen LogP contribution in [0.1, 0.15) is 137 Å². The number of aliphatic hydroxyl groups excluding tert-OH is 1. The van der Waals surface area contributed by atoms with Crippen LogP contribution in [0.4, 0.5) is 0 Å². The van der Waals surface area contributed by atoms with Gasteiger partial charge in [0.15, 0.2) is 23.1 Å². The summed E-state index contributed by atoms with van der Waals surface area (Å²) in [5.74, 6) is -12.2. The van der Waals surface area contributed by atoms with Crippen molar-refractivity contribution in [2.24, 2.45) is 35.1 Å². The predicted molar refractivity (Wildman–Crippen MR) is 243 cm³/mol. The number of nitrogens with two attached hydrogens (primary N) is 2. The van der Waals surface area contributed by atoms with Gasteiger partial charge in [-0.05, 0) is 71.3 Å². The van der Waals surface area contributed by atoms with E-state index in [4.69, 9.17) is 11.5 Å². The second-order valence-electron chi connectivity index (χ2n) is 18.6. The molecule has 9 atom stereocenters. The SMILES string of the molecule is CC(C)C[C@H](CC(=O)[C@H](C)NC(=O)[C@H](CC(=O)O)CC(=O)[C@H](CCC(N)=O)NC(=O)CCC(=O)[C@@H]1C[C@@H](O)CN1)C(=O)N[C@@H](C)C(=O)CCC(=O)N1CCC[C@H]1C(=O)C[C@@H](CCCCN)C(=O)O. The molecule has 0 aromatic rings. The second kappa shape index (κ2) is 29.4. The third-order valence-electron chi connectivity index (χ3n) is 12.3. The lowest BCUT2D eigenvalue weighted by molar-refractivity contribution is -0.145. The van der Waals surface area contributed by atoms with Crippen LogP contribution in [-0.4, -0.2) is 147 Å². The fourth-order valence-electron chi connectivity index (χ4n) is 8.41. The first-order chi connectivity index (χ1) is 31.9. The number of amides is 5. The number of carbonyl (C=O) groups excluding carboxylic acids is 10. The van der Waals surface area contributed by atoms with Gasteiger partial charge >= 0.3 is 11.9 Å². The number of unbranched alkanes of at least 4 members (excludes halogenated alkanes) is 1. The molecule has 68 heavy (non-hydrogen) atoms. The van der Waals surface area contributed by atoms with E-state index in [1.165, 1.54) is 18.7 Å². The number of β-amino-alcohol motifs (C(OH)–C–C–N with tert-alkyl or cyclic N) is 1. The van der Waals surface area contributed by atoms with Crippen LogP contribution < -0.4 is 32.7 Å². The van der Waals surface area contributed by atoms with Crippen LogP contribution in [-0.2, 0) is 57.5 Å². The maximum atomic E-state index is 13.5. The number of aliphatic carboxylic acids is 2. The first-order valence-electron chi connectivity index (χ1n) is 23.6. The average molecular weight is 964 g/mol. The number of Topliss-reactive ketones (excluding diaryl/α,β-unsaturated/α-hetero) is 5. The van der Waals surface area contributed by atoms with Gasteiger partial charge in [0, 0.05) is 70.4 Å². The lowest BCUT2D eigenvalue weighted by Crippen LogP contribution is -2.47. The number of nitrogens with zero attached hydrogens (tertiary/aromatic N) is 1. The highest BCUT2D eigenvalue weighted by Crippen LogP contribution is 2.25. The Kier molecular flexibility index (Phi) is 25.4. The number of rotatable bonds is 34. The number of nitrogens with one attached hydrogen (secondary N) is 4. The Balaban J connectivity index is 2.02. The molecule has 2 rings (SSSR count). The summed E-state index contributed by atoms with van der Waals surface area (Å²) in [7, 11) is 0. The number of hydrogen-bond acceptors (Lipinski definition) is 15. The Morgan fingerprint density at radius 1 is 0.691 bits per heavy atom. The molecule has 0 saturated carbocycles. The van der Waals surface area contributed by atoms with Crippen molar-refractivity contribution in [1.29, 1.82) is 0 Å². The molecular formula is C46H73N7O15. The zero-order valence-corrected chi connectivity index (χ0v) is 39.8. The highest BCUT2D eigenvalue weighted by atomic mass is 16.4. The normalized spacial score (nSPS) is 19.5. The van der Waals surface area contributed by atoms with Gasteiger partial charge < -0.3 is 53.0 Å². The van der Waals surface area contributed by atoms with E-state index in [0.29, 0.717) is 32.2 Å². The Morgan fingerprint density at radius 3 is 1.90 bits per heavy atom. The summed E-state index contributed by atoms with van der Waals surface area (Å²) in [6, 6.07) is -5.15. The van der Waals surface area contributed by atoms with Gasteiger partial charge in [0.1, 0.15) is 5.78 Å². The van der Waals surface area contributed by atoms with Gasteiger partial charge in [-0.25, -0.2) is 0 Å². The van der Waals surface area contributed by atoms with Crippen molar-refractivity contribution in [3.05, 3.63) is 0 Å². The molecule has 2 aliphatic rings. The van der Waals surface area contributed by atoms with Gasteiger partial charge in [-0.1, -0.05) is 20.3 Å². The minimum atomic E-state index is -1.53. The number of carboxylic acids is 2. The quantitative estimate of drug-likeness (QED) is 0.0371. The molecule has 2 fully saturated rings. The monoisotopic (exact) mass is 964 g/mol. The molecule has 11 N–H and O–H groups in total. The molecule has 0 unspecified atom stereocenters. The van der Waals surface area contributed by atoms with Gasteiger partial charge in [0.05, 0.1) is 54.6 Å². The molecule has 0 spiro atoms. The van der Waals surface area contributed by atoms with Crippen LogP contribution in [0.25, 0.3) is 0 Å². The Labute approximate surface area is 396 Å². The minimum Gasteiger partial charge on any atom is -0.481 e. The molecule has 5 amide bonds. The summed E-state index contributed by atoms with van der Waals surface area (Å²) in [6.45, 7) is 7.26. The van der Waals surface area contributed by atoms with Crippen molar-refractivity contribution in [2.75, 3.05) is 19.6 Å². The number of likely N-dealkylation sites (tertiary alicyclic amines) is 1. The molecule has 0 radical (unpaired) electrons. The van der Waals surface area contributed by atoms with Crippen LogP contribution in [0.2, 0.25) is 0 Å². The number of carboxylic acid groups (broad SMARTS) is 2. The zero-order chi connectivity index (χ0) is 51.2. The summed E-state index contributed by atoms with van der Waals surface area (Å²) in [4.78, 5) is 155. The summed E-state index contributed by atoms with van der Waals surface area (Å²) in [5.41, 5.74) is 10.8. The standard InChI is InChI=1S/C46H73N7O15/c1-25(2)18-29(44(65)50-26(3)35(55)12-15-42(62)53-17-7-9-34(53)39(59)19-28(46(67)68)8-5-6-16-47)20-37(57)27(4)51-45(66)30(22-43(63)64)21-38(58)32(10-13-40(48)60)52-41(61)14-11-36(56)33-23-31(54)24-49-33/h25-34,49,54H,5-24,47H2,1-4H3,(H2,48,60)(H,50,65)(H,51,66)(H,52,61)(H,63,64)(H,67,68)/t26-,27-,28+,29+,30-,31+,32-,33-,34-/m0/s1. The Hall–Kier alpha value is -5.48. The van der Waals surface area contributed by atoms with E-state index in [1.54, 1.807) is 0 Å². The summed E-state index contributed by atoms with van der Waals surface area (Å²) in [6.07, 6.45) is -1.84. The first kappa shape index (κ1) is 58.6. The molecule has 22 nitrogen and oxygen atoms in total. The number of carbonyl (C=O) groups is 12. The maximum Gasteiger partial charge on any atom is 0.306 e. The van der Waals surface area contributed by atoms with Crippen molar-refractivity contribution in [3.8, 4) is 0 Å². The number of primary amides is 1. The van der Waals surface area contributed by atoms with E-state index < -0.39 is 132 Å². The van der Waals surface area contributed by atoms with E-state index in [9.17, 15) is 72.9 Å². The van der Waals surface area contributed by atoms with Gasteiger partial charge in [0.25, 0.3) is 0 Å². The van der Waals surface area contributed by atoms with E-state index in [2.05, 4.69) is 21.3 Å². The van der Waals surface area contributed by atoms with E-state index in [-0.39, 0.29) is 94.8 Å². The maximum absolute atomic E-state index is 13.5. The summed E-state index contributed by atoms with van der Waals surface area (Å²) in [5, 5.41) is 39.2. The molecule has 0 aromatic carbocycles. The van der Waals surface area contributed by atoms with Gasteiger partial charge in [-0.3, -0.25) is 57.5 Å². The number of aliphatic hydroxyl groups is 1. The second-order valence-corrected chi connectivity index (χ2v) is 18.6. The van der Waals surface area contributed by atoms with E-state index >= 15 is 0 Å². The number of ketones is 5. The van der Waals surface area contributed by atoms with Crippen molar-refractivity contribution in [2.45, 2.75) is 173 Å². The van der Waals surface area contributed by atoms with Crippen molar-refractivity contribution in [3.63, 3.8) is 0 Å². The van der Waals surface area contributed by atoms with Crippen molar-refractivity contribution >= 4 is 70.4 Å². The smallest absolute Gasteiger partial charge is 0.306 e. The van der Waals surface area contributed by atoms with Crippen LogP contribution >= 0.6 is 0 Å². The van der Waals surface area contributed by atoms with Crippen LogP contribution in [0, 0.1) is 23.7 Å². The molecule has 2 aliphatic heterocycles. The lowest BCUT2D eigenvalue weighted by atomic mass is 9.89. The van der Waals surface area contributed by atoms with E-state index in [1.807, 2.05) is 13.8 Å². The zero-order valence-electron chi connectivity index (χ0n) is 39.8. The van der Waals surface area contributed by atoms with Crippen molar-refractivity contribution in [1.82, 2.24) is 26.2 Å². The molecule has 0 bridgehead atoms. The third kappa shape index (κ3) is 20.8. The summed E-state index contributed by atoms with van der Waals surface area (Å²) < 4.78 is 0. The first-order valence-corrected chi connectivity index (χ1v) is 23.6. The fraction of sp³-hybridized carbons (Fsp3) is 0.739. The Morgan fingerprint density at radius 2 is 1.32 bits per heavy atom. The summed E-state index contributed by atoms with van der Waals surface area (Å²) >= 11 is 0. The van der Waals surface area contributed by atoms with Gasteiger partial charge in [0.2, 0.25) is 29.5 Å². The largest absolute Gasteiger partial charge is 0.481 e. The van der Waals surface area contributed by atoms with Crippen LogP contribution in [0.5, 0.6) is 0 Å². The number of hydrogen-bond donors (Lipinski definition) is 9.